The Bertz CT molecular complexity index is 576. The van der Waals surface area contributed by atoms with Crippen molar-refractivity contribution in [3.05, 3.63) is 65.5 Å². The van der Waals surface area contributed by atoms with E-state index in [0.29, 0.717) is 23.3 Å². The molecule has 4 heteroatoms. The lowest BCUT2D eigenvalue weighted by Gasteiger charge is -2.03. The Labute approximate surface area is 111 Å². The largest absolute Gasteiger partial charge is 0.462 e. The fraction of sp³-hybridized carbons (Fsp3) is 0.133. The number of aromatic nitrogens is 1. The van der Waals surface area contributed by atoms with Gasteiger partial charge in [0.1, 0.15) is 0 Å². The summed E-state index contributed by atoms with van der Waals surface area (Å²) in [4.78, 5) is 27.5. The molecule has 0 aliphatic heterocycles. The molecule has 2 aromatic rings. The molecule has 0 radical (unpaired) electrons. The predicted molar refractivity (Wildman–Crippen MR) is 70.1 cm³/mol. The first-order chi connectivity index (χ1) is 9.22. The van der Waals surface area contributed by atoms with E-state index in [0.717, 1.165) is 0 Å². The zero-order valence-corrected chi connectivity index (χ0v) is 10.5. The summed E-state index contributed by atoms with van der Waals surface area (Å²) >= 11 is 0. The summed E-state index contributed by atoms with van der Waals surface area (Å²) in [5.74, 6) is -0.483. The van der Waals surface area contributed by atoms with Crippen LogP contribution in [0, 0.1) is 0 Å². The van der Waals surface area contributed by atoms with Crippen LogP contribution in [0.15, 0.2) is 48.8 Å². The number of ether oxygens (including phenoxy) is 1. The van der Waals surface area contributed by atoms with E-state index < -0.39 is 0 Å². The van der Waals surface area contributed by atoms with E-state index in [1.807, 2.05) is 0 Å². The Kier molecular flexibility index (Phi) is 4.03. The molecule has 4 nitrogen and oxygen atoms in total. The Hall–Kier alpha value is -2.49. The molecule has 0 aliphatic carbocycles. The Balaban J connectivity index is 2.19. The van der Waals surface area contributed by atoms with E-state index in [1.165, 1.54) is 0 Å². The quantitative estimate of drug-likeness (QED) is 0.622. The van der Waals surface area contributed by atoms with E-state index in [2.05, 4.69) is 4.98 Å². The standard InChI is InChI=1S/C15H13NO3/c1-2-19-15(18)13-5-3-11(4-6-13)14(17)12-7-9-16-10-8-12/h3-10H,2H2,1H3. The van der Waals surface area contributed by atoms with Crippen LogP contribution in [-0.4, -0.2) is 23.3 Å². The second-order valence-electron chi connectivity index (χ2n) is 3.86. The maximum Gasteiger partial charge on any atom is 0.338 e. The third-order valence-electron chi connectivity index (χ3n) is 2.60. The molecule has 2 rings (SSSR count). The van der Waals surface area contributed by atoms with Gasteiger partial charge in [0.25, 0.3) is 0 Å². The second kappa shape index (κ2) is 5.91. The minimum atomic E-state index is -0.384. The van der Waals surface area contributed by atoms with Crippen molar-refractivity contribution < 1.29 is 14.3 Å². The molecule has 19 heavy (non-hydrogen) atoms. The highest BCUT2D eigenvalue weighted by Gasteiger charge is 2.10. The van der Waals surface area contributed by atoms with E-state index in [4.69, 9.17) is 4.74 Å². The fourth-order valence-corrected chi connectivity index (χ4v) is 1.64. The van der Waals surface area contributed by atoms with Crippen molar-refractivity contribution in [3.63, 3.8) is 0 Å². The second-order valence-corrected chi connectivity index (χ2v) is 3.86. The molecule has 0 fully saturated rings. The minimum Gasteiger partial charge on any atom is -0.462 e. The Morgan fingerprint density at radius 3 is 2.05 bits per heavy atom. The lowest BCUT2D eigenvalue weighted by Crippen LogP contribution is -2.06. The normalized spacial score (nSPS) is 9.95. The summed E-state index contributed by atoms with van der Waals surface area (Å²) < 4.78 is 4.88. The SMILES string of the molecule is CCOC(=O)c1ccc(C(=O)c2ccncc2)cc1. The lowest BCUT2D eigenvalue weighted by molar-refractivity contribution is 0.0526. The number of carbonyl (C=O) groups is 2. The molecule has 0 spiro atoms. The molecule has 0 N–H and O–H groups in total. The first-order valence-corrected chi connectivity index (χ1v) is 5.94. The molecule has 0 aliphatic rings. The van der Waals surface area contributed by atoms with Crippen molar-refractivity contribution >= 4 is 11.8 Å². The van der Waals surface area contributed by atoms with Gasteiger partial charge >= 0.3 is 5.97 Å². The smallest absolute Gasteiger partial charge is 0.338 e. The van der Waals surface area contributed by atoms with E-state index in [-0.39, 0.29) is 11.8 Å². The van der Waals surface area contributed by atoms with Crippen LogP contribution in [0.25, 0.3) is 0 Å². The first-order valence-electron chi connectivity index (χ1n) is 5.94. The van der Waals surface area contributed by atoms with Gasteiger partial charge in [0.2, 0.25) is 0 Å². The first kappa shape index (κ1) is 13.0. The average Bonchev–Trinajstić information content (AvgIpc) is 2.48. The Morgan fingerprint density at radius 2 is 1.47 bits per heavy atom. The number of hydrogen-bond acceptors (Lipinski definition) is 4. The maximum absolute atomic E-state index is 12.1. The highest BCUT2D eigenvalue weighted by atomic mass is 16.5. The maximum atomic E-state index is 12.1. The summed E-state index contributed by atoms with van der Waals surface area (Å²) in [6.45, 7) is 2.08. The summed E-state index contributed by atoms with van der Waals surface area (Å²) in [6, 6.07) is 9.73. The van der Waals surface area contributed by atoms with Crippen LogP contribution in [0.3, 0.4) is 0 Å². The van der Waals surface area contributed by atoms with Gasteiger partial charge in [0.15, 0.2) is 5.78 Å². The van der Waals surface area contributed by atoms with Crippen LogP contribution in [0.5, 0.6) is 0 Å². The van der Waals surface area contributed by atoms with Crippen molar-refractivity contribution in [1.82, 2.24) is 4.98 Å². The van der Waals surface area contributed by atoms with Crippen molar-refractivity contribution in [1.29, 1.82) is 0 Å². The molecule has 0 atom stereocenters. The predicted octanol–water partition coefficient (Wildman–Crippen LogP) is 2.49. The molecule has 0 saturated carbocycles. The van der Waals surface area contributed by atoms with Crippen LogP contribution in [-0.2, 0) is 4.74 Å². The van der Waals surface area contributed by atoms with Gasteiger partial charge in [-0.3, -0.25) is 9.78 Å². The van der Waals surface area contributed by atoms with Gasteiger partial charge in [-0.15, -0.1) is 0 Å². The topological polar surface area (TPSA) is 56.3 Å². The van der Waals surface area contributed by atoms with E-state index in [1.54, 1.807) is 55.7 Å². The summed E-state index contributed by atoms with van der Waals surface area (Å²) in [5, 5.41) is 0. The molecule has 1 heterocycles. The van der Waals surface area contributed by atoms with Crippen LogP contribution in [0.1, 0.15) is 33.2 Å². The van der Waals surface area contributed by atoms with Gasteiger partial charge in [-0.1, -0.05) is 12.1 Å². The van der Waals surface area contributed by atoms with Crippen LogP contribution in [0.4, 0.5) is 0 Å². The molecular formula is C15H13NO3. The molecule has 0 unspecified atom stereocenters. The minimum absolute atomic E-state index is 0.0993. The lowest BCUT2D eigenvalue weighted by atomic mass is 10.0. The van der Waals surface area contributed by atoms with Gasteiger partial charge in [-0.25, -0.2) is 4.79 Å². The van der Waals surface area contributed by atoms with Gasteiger partial charge in [0, 0.05) is 23.5 Å². The molecule has 0 bridgehead atoms. The van der Waals surface area contributed by atoms with E-state index in [9.17, 15) is 9.59 Å². The van der Waals surface area contributed by atoms with Crippen molar-refractivity contribution in [2.75, 3.05) is 6.61 Å². The fourth-order valence-electron chi connectivity index (χ4n) is 1.64. The van der Waals surface area contributed by atoms with Gasteiger partial charge < -0.3 is 4.74 Å². The molecule has 1 aromatic heterocycles. The monoisotopic (exact) mass is 255 g/mol. The summed E-state index contributed by atoms with van der Waals surface area (Å²) in [7, 11) is 0. The molecular weight excluding hydrogens is 242 g/mol. The van der Waals surface area contributed by atoms with Crippen molar-refractivity contribution in [3.8, 4) is 0 Å². The highest BCUT2D eigenvalue weighted by Crippen LogP contribution is 2.11. The number of ketones is 1. The number of carbonyl (C=O) groups excluding carboxylic acids is 2. The van der Waals surface area contributed by atoms with Crippen molar-refractivity contribution in [2.45, 2.75) is 6.92 Å². The number of esters is 1. The van der Waals surface area contributed by atoms with Gasteiger partial charge in [-0.05, 0) is 31.2 Å². The third kappa shape index (κ3) is 3.04. The van der Waals surface area contributed by atoms with Crippen LogP contribution < -0.4 is 0 Å². The van der Waals surface area contributed by atoms with Gasteiger partial charge in [-0.2, -0.15) is 0 Å². The van der Waals surface area contributed by atoms with E-state index >= 15 is 0 Å². The summed E-state index contributed by atoms with van der Waals surface area (Å²) in [5.41, 5.74) is 1.53. The van der Waals surface area contributed by atoms with Gasteiger partial charge in [0.05, 0.1) is 12.2 Å². The zero-order chi connectivity index (χ0) is 13.7. The third-order valence-corrected chi connectivity index (χ3v) is 2.60. The van der Waals surface area contributed by atoms with Crippen LogP contribution in [0.2, 0.25) is 0 Å². The number of pyridine rings is 1. The molecule has 1 aromatic carbocycles. The molecule has 0 amide bonds. The highest BCUT2D eigenvalue weighted by molar-refractivity contribution is 6.09. The Morgan fingerprint density at radius 1 is 0.947 bits per heavy atom. The number of benzene rings is 1. The molecule has 96 valence electrons. The molecule has 0 saturated heterocycles. The number of nitrogens with zero attached hydrogens (tertiary/aromatic N) is 1. The van der Waals surface area contributed by atoms with Crippen LogP contribution >= 0.6 is 0 Å². The summed E-state index contributed by atoms with van der Waals surface area (Å²) in [6.07, 6.45) is 3.14. The average molecular weight is 255 g/mol. The number of rotatable bonds is 4. The zero-order valence-electron chi connectivity index (χ0n) is 10.5. The van der Waals surface area contributed by atoms with Crippen molar-refractivity contribution in [2.24, 2.45) is 0 Å². The number of hydrogen-bond donors (Lipinski definition) is 0.